The summed E-state index contributed by atoms with van der Waals surface area (Å²) in [4.78, 5) is 0. The van der Waals surface area contributed by atoms with Crippen molar-refractivity contribution < 1.29 is 4.39 Å². The molecule has 4 nitrogen and oxygen atoms in total. The molecule has 3 rings (SSSR count). The number of hydrogen-bond donors (Lipinski definition) is 1. The van der Waals surface area contributed by atoms with E-state index in [2.05, 4.69) is 31.4 Å². The molecule has 1 aromatic heterocycles. The molecule has 0 aliphatic heterocycles. The fraction of sp³-hybridized carbons (Fsp3) is 0.312. The van der Waals surface area contributed by atoms with Gasteiger partial charge in [-0.2, -0.15) is 5.26 Å². The Morgan fingerprint density at radius 2 is 2.14 bits per heavy atom. The summed E-state index contributed by atoms with van der Waals surface area (Å²) in [6.45, 7) is 0. The maximum Gasteiger partial charge on any atom is 0.163 e. The van der Waals surface area contributed by atoms with Gasteiger partial charge in [-0.05, 0) is 48.2 Å². The van der Waals surface area contributed by atoms with E-state index in [1.54, 1.807) is 18.2 Å². The predicted octanol–water partition coefficient (Wildman–Crippen LogP) is 4.20. The van der Waals surface area contributed by atoms with Crippen molar-refractivity contribution in [3.05, 3.63) is 51.9 Å². The highest BCUT2D eigenvalue weighted by molar-refractivity contribution is 9.10. The maximum absolute atomic E-state index is 13.7. The summed E-state index contributed by atoms with van der Waals surface area (Å²) in [5.74, 6) is 0.994. The highest BCUT2D eigenvalue weighted by Gasteiger charge is 2.27. The minimum Gasteiger partial charge on any atom is -0.362 e. The third kappa shape index (κ3) is 3.80. The maximum atomic E-state index is 13.7. The third-order valence-electron chi connectivity index (χ3n) is 3.65. The third-order valence-corrected chi connectivity index (χ3v) is 4.11. The molecule has 1 N–H and O–H groups in total. The number of rotatable bonds is 5. The Morgan fingerprint density at radius 1 is 1.32 bits per heavy atom. The van der Waals surface area contributed by atoms with E-state index in [0.29, 0.717) is 11.7 Å². The van der Waals surface area contributed by atoms with Crippen LogP contribution in [-0.2, 0) is 0 Å². The first-order chi connectivity index (χ1) is 10.6. The van der Waals surface area contributed by atoms with Crippen LogP contribution >= 0.6 is 15.9 Å². The monoisotopic (exact) mass is 360 g/mol. The van der Waals surface area contributed by atoms with Gasteiger partial charge in [-0.3, -0.25) is 0 Å². The average molecular weight is 361 g/mol. The van der Waals surface area contributed by atoms with Crippen LogP contribution in [0.15, 0.2) is 34.8 Å². The summed E-state index contributed by atoms with van der Waals surface area (Å²) in [5.41, 5.74) is 1.16. The predicted molar refractivity (Wildman–Crippen MR) is 84.6 cm³/mol. The molecule has 1 heterocycles. The number of nitrogens with zero attached hydrogens (tertiary/aromatic N) is 3. The highest BCUT2D eigenvalue weighted by Crippen LogP contribution is 2.39. The molecule has 6 heteroatoms. The molecule has 1 fully saturated rings. The van der Waals surface area contributed by atoms with Crippen LogP contribution in [0.4, 0.5) is 10.2 Å². The second kappa shape index (κ2) is 6.41. The van der Waals surface area contributed by atoms with E-state index < -0.39 is 0 Å². The van der Waals surface area contributed by atoms with Crippen LogP contribution in [-0.4, -0.2) is 10.2 Å². The van der Waals surface area contributed by atoms with Crippen molar-refractivity contribution in [1.82, 2.24) is 10.2 Å². The molecule has 0 spiro atoms. The van der Waals surface area contributed by atoms with Crippen molar-refractivity contribution >= 4 is 21.7 Å². The number of aromatic nitrogens is 2. The summed E-state index contributed by atoms with van der Waals surface area (Å²) in [6, 6.07) is 10.2. The second-order valence-electron chi connectivity index (χ2n) is 5.49. The van der Waals surface area contributed by atoms with Crippen LogP contribution in [0.1, 0.15) is 36.6 Å². The molecule has 1 aliphatic carbocycles. The number of hydrogen-bond acceptors (Lipinski definition) is 4. The van der Waals surface area contributed by atoms with Gasteiger partial charge in [0.1, 0.15) is 17.7 Å². The normalized spacial score (nSPS) is 15.1. The molecule has 22 heavy (non-hydrogen) atoms. The fourth-order valence-electron chi connectivity index (χ4n) is 2.39. The van der Waals surface area contributed by atoms with E-state index in [1.807, 2.05) is 12.1 Å². The van der Waals surface area contributed by atoms with Crippen molar-refractivity contribution in [1.29, 1.82) is 5.26 Å². The molecule has 0 amide bonds. The first kappa shape index (κ1) is 14.9. The summed E-state index contributed by atoms with van der Waals surface area (Å²) in [7, 11) is 0. The molecule has 0 radical (unpaired) electrons. The quantitative estimate of drug-likeness (QED) is 0.867. The molecular formula is C16H14BrFN4. The van der Waals surface area contributed by atoms with E-state index in [9.17, 15) is 4.39 Å². The molecule has 112 valence electrons. The fourth-order valence-corrected chi connectivity index (χ4v) is 2.87. The Morgan fingerprint density at radius 3 is 2.73 bits per heavy atom. The van der Waals surface area contributed by atoms with Gasteiger partial charge < -0.3 is 5.32 Å². The van der Waals surface area contributed by atoms with Gasteiger partial charge in [0.05, 0.1) is 6.04 Å². The van der Waals surface area contributed by atoms with Crippen LogP contribution in [0.5, 0.6) is 0 Å². The van der Waals surface area contributed by atoms with Gasteiger partial charge in [-0.1, -0.05) is 28.8 Å². The molecule has 0 bridgehead atoms. The minimum absolute atomic E-state index is 0.0262. The Kier molecular flexibility index (Phi) is 4.34. The first-order valence-corrected chi connectivity index (χ1v) is 7.89. The lowest BCUT2D eigenvalue weighted by molar-refractivity contribution is 0.601. The van der Waals surface area contributed by atoms with E-state index >= 15 is 0 Å². The molecule has 1 unspecified atom stereocenters. The van der Waals surface area contributed by atoms with Gasteiger partial charge in [0, 0.05) is 4.47 Å². The van der Waals surface area contributed by atoms with E-state index in [0.717, 1.165) is 16.5 Å². The van der Waals surface area contributed by atoms with Gasteiger partial charge in [-0.25, -0.2) is 4.39 Å². The van der Waals surface area contributed by atoms with Crippen LogP contribution in [0, 0.1) is 23.1 Å². The molecule has 1 atom stereocenters. The van der Waals surface area contributed by atoms with Crippen molar-refractivity contribution in [3.8, 4) is 6.07 Å². The van der Waals surface area contributed by atoms with Crippen LogP contribution in [0.3, 0.4) is 0 Å². The Hall–Kier alpha value is -2.00. The number of halogens is 2. The zero-order chi connectivity index (χ0) is 15.5. The van der Waals surface area contributed by atoms with Gasteiger partial charge >= 0.3 is 0 Å². The lowest BCUT2D eigenvalue weighted by Gasteiger charge is -2.20. The van der Waals surface area contributed by atoms with E-state index in [4.69, 9.17) is 5.26 Å². The number of nitriles is 1. The number of nitrogens with one attached hydrogen (secondary N) is 1. The molecule has 1 saturated carbocycles. The van der Waals surface area contributed by atoms with E-state index in [-0.39, 0.29) is 17.6 Å². The SMILES string of the molecule is N#Cc1ccc(NC(CC2CC2)c2cc(F)cc(Br)c2)nn1. The minimum atomic E-state index is -0.266. The lowest BCUT2D eigenvalue weighted by atomic mass is 10.0. The summed E-state index contributed by atoms with van der Waals surface area (Å²) < 4.78 is 14.4. The summed E-state index contributed by atoms with van der Waals surface area (Å²) in [5, 5.41) is 19.9. The largest absolute Gasteiger partial charge is 0.362 e. The van der Waals surface area contributed by atoms with E-state index in [1.165, 1.54) is 18.9 Å². The van der Waals surface area contributed by atoms with Gasteiger partial charge in [0.15, 0.2) is 5.69 Å². The van der Waals surface area contributed by atoms with Crippen LogP contribution in [0.2, 0.25) is 0 Å². The van der Waals surface area contributed by atoms with Gasteiger partial charge in [0.2, 0.25) is 0 Å². The van der Waals surface area contributed by atoms with Crippen molar-refractivity contribution in [3.63, 3.8) is 0 Å². The summed E-state index contributed by atoms with van der Waals surface area (Å²) >= 11 is 3.34. The average Bonchev–Trinajstić information content (AvgIpc) is 3.30. The van der Waals surface area contributed by atoms with Gasteiger partial charge in [-0.15, -0.1) is 10.2 Å². The molecule has 1 aliphatic rings. The number of anilines is 1. The van der Waals surface area contributed by atoms with Gasteiger partial charge in [0.25, 0.3) is 0 Å². The highest BCUT2D eigenvalue weighted by atomic mass is 79.9. The Balaban J connectivity index is 1.83. The van der Waals surface area contributed by atoms with Crippen LogP contribution < -0.4 is 5.32 Å². The molecular weight excluding hydrogens is 347 g/mol. The molecule has 0 saturated heterocycles. The number of benzene rings is 1. The van der Waals surface area contributed by atoms with Crippen molar-refractivity contribution in [2.24, 2.45) is 5.92 Å². The molecule has 2 aromatic rings. The Bertz CT molecular complexity index is 687. The lowest BCUT2D eigenvalue weighted by Crippen LogP contribution is -2.13. The smallest absolute Gasteiger partial charge is 0.163 e. The zero-order valence-electron chi connectivity index (χ0n) is 11.8. The topological polar surface area (TPSA) is 61.6 Å². The molecule has 1 aromatic carbocycles. The van der Waals surface area contributed by atoms with Crippen molar-refractivity contribution in [2.45, 2.75) is 25.3 Å². The first-order valence-electron chi connectivity index (χ1n) is 7.10. The Labute approximate surface area is 136 Å². The summed E-state index contributed by atoms with van der Waals surface area (Å²) in [6.07, 6.45) is 3.36. The van der Waals surface area contributed by atoms with Crippen molar-refractivity contribution in [2.75, 3.05) is 5.32 Å². The second-order valence-corrected chi connectivity index (χ2v) is 6.41. The van der Waals surface area contributed by atoms with Crippen LogP contribution in [0.25, 0.3) is 0 Å². The standard InChI is InChI=1S/C16H14BrFN4/c17-12-6-11(7-13(18)8-12)15(5-10-1-2-10)20-16-4-3-14(9-19)21-22-16/h3-4,6-8,10,15H,1-2,5H2,(H,20,22). The zero-order valence-corrected chi connectivity index (χ0v) is 13.3.